The van der Waals surface area contributed by atoms with E-state index in [0.29, 0.717) is 38.9 Å². The maximum atomic E-state index is 14.9. The Hall–Kier alpha value is -3.25. The molecule has 0 amide bonds. The van der Waals surface area contributed by atoms with E-state index in [1.54, 1.807) is 18.3 Å². The van der Waals surface area contributed by atoms with Crippen molar-refractivity contribution in [1.29, 1.82) is 0 Å². The largest absolute Gasteiger partial charge is 0.504 e. The van der Waals surface area contributed by atoms with Gasteiger partial charge in [-0.3, -0.25) is 9.78 Å². The summed E-state index contributed by atoms with van der Waals surface area (Å²) in [6.45, 7) is 4.59. The Bertz CT molecular complexity index is 1310. The average Bonchev–Trinajstić information content (AvgIpc) is 2.73. The van der Waals surface area contributed by atoms with Crippen LogP contribution < -0.4 is 5.56 Å². The van der Waals surface area contributed by atoms with Gasteiger partial charge in [-0.1, -0.05) is 31.2 Å². The lowest BCUT2D eigenvalue weighted by atomic mass is 9.92. The van der Waals surface area contributed by atoms with Crippen LogP contribution in [0.3, 0.4) is 0 Å². The Labute approximate surface area is 173 Å². The van der Waals surface area contributed by atoms with Crippen LogP contribution in [0.4, 0.5) is 4.39 Å². The molecule has 0 aliphatic heterocycles. The smallest absolute Gasteiger partial charge is 0.257 e. The summed E-state index contributed by atoms with van der Waals surface area (Å²) < 4.78 is 14.9. The third-order valence-electron chi connectivity index (χ3n) is 5.58. The van der Waals surface area contributed by atoms with Gasteiger partial charge in [0, 0.05) is 29.3 Å². The van der Waals surface area contributed by atoms with Gasteiger partial charge >= 0.3 is 0 Å². The van der Waals surface area contributed by atoms with Crippen molar-refractivity contribution in [2.45, 2.75) is 19.8 Å². The molecular formula is C24H24FN3O2. The number of nitrogens with one attached hydrogen (secondary N) is 1. The number of nitrogens with zero attached hydrogens (tertiary/aromatic N) is 2. The highest BCUT2D eigenvalue weighted by molar-refractivity contribution is 6.13. The number of aryl methyl sites for hydroxylation is 1. The van der Waals surface area contributed by atoms with Crippen molar-refractivity contribution in [3.8, 4) is 16.9 Å². The van der Waals surface area contributed by atoms with E-state index in [1.807, 2.05) is 38.4 Å². The highest BCUT2D eigenvalue weighted by atomic mass is 19.1. The molecule has 5 nitrogen and oxygen atoms in total. The molecule has 0 spiro atoms. The molecule has 1 atom stereocenters. The first-order valence-corrected chi connectivity index (χ1v) is 9.86. The number of hydrogen-bond donors (Lipinski definition) is 2. The monoisotopic (exact) mass is 405 g/mol. The van der Waals surface area contributed by atoms with Crippen molar-refractivity contribution in [2.75, 3.05) is 20.6 Å². The second kappa shape index (κ2) is 7.54. The van der Waals surface area contributed by atoms with E-state index in [2.05, 4.69) is 21.8 Å². The van der Waals surface area contributed by atoms with E-state index in [0.717, 1.165) is 12.1 Å². The first-order chi connectivity index (χ1) is 14.3. The molecule has 154 valence electrons. The number of aromatic amines is 1. The molecule has 2 heterocycles. The van der Waals surface area contributed by atoms with E-state index >= 15 is 0 Å². The van der Waals surface area contributed by atoms with E-state index in [9.17, 15) is 14.3 Å². The second-order valence-electron chi connectivity index (χ2n) is 8.05. The first-order valence-electron chi connectivity index (χ1n) is 9.86. The van der Waals surface area contributed by atoms with E-state index in [4.69, 9.17) is 0 Å². The lowest BCUT2D eigenvalue weighted by molar-refractivity contribution is 0.383. The van der Waals surface area contributed by atoms with Gasteiger partial charge in [0.2, 0.25) is 0 Å². The van der Waals surface area contributed by atoms with Crippen LogP contribution in [-0.2, 0) is 0 Å². The van der Waals surface area contributed by atoms with Crippen LogP contribution in [0.25, 0.3) is 32.9 Å². The molecule has 30 heavy (non-hydrogen) atoms. The number of fused-ring (bicyclic) bond motifs is 3. The predicted octanol–water partition coefficient (Wildman–Crippen LogP) is 4.56. The fourth-order valence-electron chi connectivity index (χ4n) is 4.10. The van der Waals surface area contributed by atoms with Crippen LogP contribution >= 0.6 is 0 Å². The zero-order chi connectivity index (χ0) is 21.6. The Morgan fingerprint density at radius 3 is 2.57 bits per heavy atom. The minimum Gasteiger partial charge on any atom is -0.504 e. The van der Waals surface area contributed by atoms with Gasteiger partial charge in [-0.2, -0.15) is 0 Å². The maximum Gasteiger partial charge on any atom is 0.257 e. The van der Waals surface area contributed by atoms with Crippen molar-refractivity contribution in [2.24, 2.45) is 0 Å². The molecule has 6 heteroatoms. The van der Waals surface area contributed by atoms with Gasteiger partial charge in [0.25, 0.3) is 5.56 Å². The summed E-state index contributed by atoms with van der Waals surface area (Å²) in [6.07, 6.45) is 1.59. The average molecular weight is 405 g/mol. The number of hydrogen-bond acceptors (Lipinski definition) is 4. The summed E-state index contributed by atoms with van der Waals surface area (Å²) in [7, 11) is 4.06. The normalized spacial score (nSPS) is 12.7. The molecule has 0 radical (unpaired) electrons. The molecule has 0 saturated carbocycles. The third kappa shape index (κ3) is 3.23. The van der Waals surface area contributed by atoms with Gasteiger partial charge in [-0.15, -0.1) is 0 Å². The van der Waals surface area contributed by atoms with Crippen molar-refractivity contribution in [3.05, 3.63) is 69.9 Å². The van der Waals surface area contributed by atoms with Gasteiger partial charge in [0.1, 0.15) is 0 Å². The van der Waals surface area contributed by atoms with Crippen molar-refractivity contribution < 1.29 is 9.50 Å². The first kappa shape index (κ1) is 20.0. The lowest BCUT2D eigenvalue weighted by Gasteiger charge is -2.18. The van der Waals surface area contributed by atoms with Gasteiger partial charge < -0.3 is 15.0 Å². The number of halogens is 1. The number of rotatable bonds is 4. The predicted molar refractivity (Wildman–Crippen MR) is 119 cm³/mol. The van der Waals surface area contributed by atoms with E-state index < -0.39 is 11.6 Å². The summed E-state index contributed by atoms with van der Waals surface area (Å²) in [5.41, 5.74) is 2.79. The number of aromatic hydroxyl groups is 1. The van der Waals surface area contributed by atoms with E-state index in [1.165, 1.54) is 6.92 Å². The van der Waals surface area contributed by atoms with Crippen LogP contribution in [-0.4, -0.2) is 40.6 Å². The van der Waals surface area contributed by atoms with Crippen molar-refractivity contribution >= 4 is 21.8 Å². The van der Waals surface area contributed by atoms with Gasteiger partial charge in [0.15, 0.2) is 11.6 Å². The second-order valence-corrected chi connectivity index (χ2v) is 8.05. The lowest BCUT2D eigenvalue weighted by Crippen LogP contribution is -2.18. The van der Waals surface area contributed by atoms with Crippen molar-refractivity contribution in [1.82, 2.24) is 14.9 Å². The Morgan fingerprint density at radius 2 is 1.90 bits per heavy atom. The molecule has 2 aromatic carbocycles. The number of benzene rings is 2. The van der Waals surface area contributed by atoms with Gasteiger partial charge in [0.05, 0.1) is 16.4 Å². The SMILES string of the molecule is Cc1c(F)c(O)c(-c2ccc(C(C)CN(C)C)cc2)c2c1[nH]c(=O)c1cccnc12. The Balaban J connectivity index is 2.01. The number of phenolic OH excluding ortho intramolecular Hbond substituents is 1. The Kier molecular flexibility index (Phi) is 5.03. The summed E-state index contributed by atoms with van der Waals surface area (Å²) in [5.74, 6) is -0.852. The molecule has 4 aromatic rings. The molecule has 0 aliphatic carbocycles. The number of pyridine rings is 2. The van der Waals surface area contributed by atoms with Crippen LogP contribution in [0, 0.1) is 12.7 Å². The van der Waals surface area contributed by atoms with Gasteiger partial charge in [-0.05, 0) is 50.2 Å². The van der Waals surface area contributed by atoms with Crippen LogP contribution in [0.5, 0.6) is 5.75 Å². The third-order valence-corrected chi connectivity index (χ3v) is 5.58. The minimum absolute atomic E-state index is 0.187. The quantitative estimate of drug-likeness (QED) is 0.488. The van der Waals surface area contributed by atoms with E-state index in [-0.39, 0.29) is 11.1 Å². The topological polar surface area (TPSA) is 69.2 Å². The highest BCUT2D eigenvalue weighted by Crippen LogP contribution is 2.42. The fourth-order valence-corrected chi connectivity index (χ4v) is 4.10. The summed E-state index contributed by atoms with van der Waals surface area (Å²) in [4.78, 5) is 21.8. The maximum absolute atomic E-state index is 14.9. The summed E-state index contributed by atoms with van der Waals surface area (Å²) in [6, 6.07) is 11.1. The zero-order valence-electron chi connectivity index (χ0n) is 17.5. The van der Waals surface area contributed by atoms with Crippen LogP contribution in [0.15, 0.2) is 47.4 Å². The number of likely N-dealkylation sites (N-methyl/N-ethyl adjacent to an activating group) is 1. The molecule has 0 fully saturated rings. The van der Waals surface area contributed by atoms with Crippen LogP contribution in [0.1, 0.15) is 24.0 Å². The molecule has 4 rings (SSSR count). The van der Waals surface area contributed by atoms with Crippen LogP contribution in [0.2, 0.25) is 0 Å². The number of H-pyrrole nitrogens is 1. The molecular weight excluding hydrogens is 381 g/mol. The standard InChI is InChI=1S/C24H24FN3O2/c1-13(12-28(3)4)15-7-9-16(10-8-15)18-19-21(14(2)20(25)23(18)29)27-24(30)17-6-5-11-26-22(17)19/h5-11,13,29H,12H2,1-4H3,(H,27,30). The van der Waals surface area contributed by atoms with Crippen molar-refractivity contribution in [3.63, 3.8) is 0 Å². The number of aromatic nitrogens is 2. The highest BCUT2D eigenvalue weighted by Gasteiger charge is 2.22. The fraction of sp³-hybridized carbons (Fsp3) is 0.250. The molecule has 0 saturated heterocycles. The molecule has 2 N–H and O–H groups in total. The molecule has 0 bridgehead atoms. The summed E-state index contributed by atoms with van der Waals surface area (Å²) >= 11 is 0. The Morgan fingerprint density at radius 1 is 1.20 bits per heavy atom. The molecule has 1 unspecified atom stereocenters. The molecule has 0 aliphatic rings. The zero-order valence-corrected chi connectivity index (χ0v) is 17.5. The number of phenols is 1. The molecule has 2 aromatic heterocycles. The minimum atomic E-state index is -0.742. The summed E-state index contributed by atoms with van der Waals surface area (Å²) in [5, 5.41) is 11.7. The van der Waals surface area contributed by atoms with Gasteiger partial charge in [-0.25, -0.2) is 4.39 Å².